The first-order valence-electron chi connectivity index (χ1n) is 9.33. The summed E-state index contributed by atoms with van der Waals surface area (Å²) in [6.45, 7) is 0.413. The number of aromatic carboxylic acids is 1. The number of carboxylic acids is 2. The van der Waals surface area contributed by atoms with Crippen molar-refractivity contribution >= 4 is 59.8 Å². The fourth-order valence-corrected chi connectivity index (χ4v) is 6.28. The molecule has 0 unspecified atom stereocenters. The van der Waals surface area contributed by atoms with Crippen molar-refractivity contribution in [2.24, 2.45) is 5.92 Å². The second-order valence-electron chi connectivity index (χ2n) is 7.10. The van der Waals surface area contributed by atoms with Gasteiger partial charge in [0.1, 0.15) is 0 Å². The number of hydrogen-bond donors (Lipinski definition) is 3. The first-order valence-corrected chi connectivity index (χ1v) is 11.0. The van der Waals surface area contributed by atoms with Crippen molar-refractivity contribution in [3.63, 3.8) is 0 Å². The summed E-state index contributed by atoms with van der Waals surface area (Å²) in [7, 11) is 0. The van der Waals surface area contributed by atoms with Crippen molar-refractivity contribution in [3.8, 4) is 5.75 Å². The zero-order chi connectivity index (χ0) is 19.7. The minimum atomic E-state index is -1.13. The van der Waals surface area contributed by atoms with Crippen molar-refractivity contribution in [3.05, 3.63) is 23.1 Å². The van der Waals surface area contributed by atoms with Crippen LogP contribution in [0, 0.1) is 5.92 Å². The summed E-state index contributed by atoms with van der Waals surface area (Å²) < 4.78 is 7.89. The highest BCUT2D eigenvalue weighted by Crippen LogP contribution is 2.47. The van der Waals surface area contributed by atoms with Gasteiger partial charge in [-0.15, -0.1) is 22.7 Å². The molecule has 0 saturated heterocycles. The van der Waals surface area contributed by atoms with E-state index >= 15 is 0 Å². The highest BCUT2D eigenvalue weighted by molar-refractivity contribution is 7.34. The summed E-state index contributed by atoms with van der Waals surface area (Å²) in [4.78, 5) is 22.4. The Kier molecular flexibility index (Phi) is 5.41. The number of fused-ring (bicyclic) bond motifs is 3. The van der Waals surface area contributed by atoms with Crippen LogP contribution in [0.15, 0.2) is 18.2 Å². The smallest absolute Gasteiger partial charge is 0.349 e. The van der Waals surface area contributed by atoms with E-state index in [9.17, 15) is 14.7 Å². The summed E-state index contributed by atoms with van der Waals surface area (Å²) >= 11 is 2.58. The summed E-state index contributed by atoms with van der Waals surface area (Å²) in [5.41, 5.74) is 1.05. The number of carboxylic acid groups (broad SMARTS) is 2. The van der Waals surface area contributed by atoms with Crippen LogP contribution in [0.2, 0.25) is 0 Å². The van der Waals surface area contributed by atoms with Gasteiger partial charge in [0.25, 0.3) is 0 Å². The minimum Gasteiger partial charge on any atom is -0.479 e. The standard InChI is InChI=1S/C20H21NO5S2/c22-15(23)10-26-16-18-17(28-19(16)20(24)25)13-7-6-12(8-14(13)27-18)21-9-11-4-2-1-3-5-11/h6-8,11,21H,1-5,9-10H2,(H,22,23)(H,24,25). The molecule has 2 aromatic heterocycles. The Morgan fingerprint density at radius 2 is 1.89 bits per heavy atom. The number of carbonyl (C=O) groups is 2. The van der Waals surface area contributed by atoms with E-state index in [1.54, 1.807) is 0 Å². The summed E-state index contributed by atoms with van der Waals surface area (Å²) in [6.07, 6.45) is 6.55. The van der Waals surface area contributed by atoms with E-state index in [0.717, 1.165) is 44.3 Å². The second kappa shape index (κ2) is 7.97. The topological polar surface area (TPSA) is 95.9 Å². The van der Waals surface area contributed by atoms with Crippen LogP contribution in [0.5, 0.6) is 5.75 Å². The Morgan fingerprint density at radius 3 is 2.61 bits per heavy atom. The van der Waals surface area contributed by atoms with Crippen LogP contribution in [0.3, 0.4) is 0 Å². The molecule has 0 amide bonds. The molecule has 3 N–H and O–H groups in total. The van der Waals surface area contributed by atoms with E-state index in [-0.39, 0.29) is 10.6 Å². The Labute approximate surface area is 169 Å². The molecular weight excluding hydrogens is 398 g/mol. The molecule has 148 valence electrons. The van der Waals surface area contributed by atoms with Crippen LogP contribution in [-0.4, -0.2) is 35.3 Å². The molecule has 3 aromatic rings. The van der Waals surface area contributed by atoms with Gasteiger partial charge in [0.15, 0.2) is 17.2 Å². The maximum atomic E-state index is 11.5. The number of hydrogen-bond acceptors (Lipinski definition) is 6. The Hall–Kier alpha value is -2.32. The molecule has 2 heterocycles. The molecule has 1 fully saturated rings. The quantitative estimate of drug-likeness (QED) is 0.483. The number of ether oxygens (including phenoxy) is 1. The summed E-state index contributed by atoms with van der Waals surface area (Å²) in [5, 5.41) is 22.8. The van der Waals surface area contributed by atoms with Gasteiger partial charge in [-0.1, -0.05) is 25.3 Å². The molecule has 28 heavy (non-hydrogen) atoms. The van der Waals surface area contributed by atoms with E-state index in [2.05, 4.69) is 11.4 Å². The third kappa shape index (κ3) is 3.79. The van der Waals surface area contributed by atoms with Gasteiger partial charge in [-0.2, -0.15) is 0 Å². The van der Waals surface area contributed by atoms with Crippen molar-refractivity contribution in [2.75, 3.05) is 18.5 Å². The first-order chi connectivity index (χ1) is 13.5. The van der Waals surface area contributed by atoms with E-state index < -0.39 is 18.5 Å². The zero-order valence-corrected chi connectivity index (χ0v) is 16.8. The molecule has 0 radical (unpaired) electrons. The Bertz CT molecular complexity index is 1030. The molecule has 1 aliphatic rings. The average molecular weight is 420 g/mol. The van der Waals surface area contributed by atoms with Crippen LogP contribution < -0.4 is 10.1 Å². The van der Waals surface area contributed by atoms with Gasteiger partial charge in [-0.05, 0) is 30.9 Å². The van der Waals surface area contributed by atoms with Crippen LogP contribution in [0.1, 0.15) is 41.8 Å². The number of nitrogens with one attached hydrogen (secondary N) is 1. The monoisotopic (exact) mass is 419 g/mol. The van der Waals surface area contributed by atoms with Crippen LogP contribution >= 0.6 is 22.7 Å². The molecule has 8 heteroatoms. The first kappa shape index (κ1) is 19.0. The SMILES string of the molecule is O=C(O)COc1c(C(=O)O)sc2c1sc1cc(NCC3CCCCC3)ccc12. The van der Waals surface area contributed by atoms with Crippen molar-refractivity contribution in [2.45, 2.75) is 32.1 Å². The molecule has 4 rings (SSSR count). The number of anilines is 1. The zero-order valence-electron chi connectivity index (χ0n) is 15.2. The molecule has 1 saturated carbocycles. The van der Waals surface area contributed by atoms with Crippen LogP contribution in [0.4, 0.5) is 5.69 Å². The largest absolute Gasteiger partial charge is 0.479 e. The fourth-order valence-electron chi connectivity index (χ4n) is 3.74. The molecule has 0 spiro atoms. The van der Waals surface area contributed by atoms with Crippen molar-refractivity contribution in [1.82, 2.24) is 0 Å². The fraction of sp³-hybridized carbons (Fsp3) is 0.400. The van der Waals surface area contributed by atoms with E-state index in [1.165, 1.54) is 43.4 Å². The van der Waals surface area contributed by atoms with Gasteiger partial charge in [-0.3, -0.25) is 0 Å². The van der Waals surface area contributed by atoms with Gasteiger partial charge in [-0.25, -0.2) is 9.59 Å². The number of rotatable bonds is 7. The lowest BCUT2D eigenvalue weighted by Gasteiger charge is -2.22. The highest BCUT2D eigenvalue weighted by Gasteiger charge is 2.23. The molecular formula is C20H21NO5S2. The van der Waals surface area contributed by atoms with E-state index in [1.807, 2.05) is 12.1 Å². The van der Waals surface area contributed by atoms with Crippen LogP contribution in [-0.2, 0) is 4.79 Å². The molecule has 1 aliphatic carbocycles. The van der Waals surface area contributed by atoms with E-state index in [0.29, 0.717) is 4.70 Å². The number of thiophene rings is 2. The van der Waals surface area contributed by atoms with Gasteiger partial charge < -0.3 is 20.3 Å². The third-order valence-electron chi connectivity index (χ3n) is 5.11. The average Bonchev–Trinajstić information content (AvgIpc) is 3.21. The number of aliphatic carboxylic acids is 1. The summed E-state index contributed by atoms with van der Waals surface area (Å²) in [5.74, 6) is -1.35. The maximum Gasteiger partial charge on any atom is 0.349 e. The van der Waals surface area contributed by atoms with E-state index in [4.69, 9.17) is 9.84 Å². The van der Waals surface area contributed by atoms with Crippen molar-refractivity contribution in [1.29, 1.82) is 0 Å². The van der Waals surface area contributed by atoms with Gasteiger partial charge in [0.05, 0.1) is 9.40 Å². The number of benzene rings is 1. The Balaban J connectivity index is 1.63. The van der Waals surface area contributed by atoms with Gasteiger partial charge >= 0.3 is 11.9 Å². The molecule has 6 nitrogen and oxygen atoms in total. The lowest BCUT2D eigenvalue weighted by Crippen LogP contribution is -2.16. The third-order valence-corrected chi connectivity index (χ3v) is 7.59. The van der Waals surface area contributed by atoms with Gasteiger partial charge in [0.2, 0.25) is 0 Å². The summed E-state index contributed by atoms with van der Waals surface area (Å²) in [6, 6.07) is 6.10. The van der Waals surface area contributed by atoms with Crippen LogP contribution in [0.25, 0.3) is 19.5 Å². The van der Waals surface area contributed by atoms with Gasteiger partial charge in [0, 0.05) is 22.3 Å². The predicted octanol–water partition coefficient (Wildman–Crippen LogP) is 5.27. The van der Waals surface area contributed by atoms with Crippen molar-refractivity contribution < 1.29 is 24.5 Å². The molecule has 0 aliphatic heterocycles. The Morgan fingerprint density at radius 1 is 1.11 bits per heavy atom. The normalized spacial score (nSPS) is 15.1. The second-order valence-corrected chi connectivity index (χ2v) is 9.18. The lowest BCUT2D eigenvalue weighted by atomic mass is 9.89. The maximum absolute atomic E-state index is 11.5. The predicted molar refractivity (Wildman–Crippen MR) is 112 cm³/mol. The molecule has 0 atom stereocenters. The minimum absolute atomic E-state index is 0.0453. The molecule has 0 bridgehead atoms. The highest BCUT2D eigenvalue weighted by atomic mass is 32.1. The molecule has 1 aromatic carbocycles. The lowest BCUT2D eigenvalue weighted by molar-refractivity contribution is -0.139.